The van der Waals surface area contributed by atoms with Crippen LogP contribution >= 0.6 is 24.0 Å². The van der Waals surface area contributed by atoms with E-state index in [0.29, 0.717) is 18.1 Å². The summed E-state index contributed by atoms with van der Waals surface area (Å²) < 4.78 is 32.5. The Morgan fingerprint density at radius 1 is 1.31 bits per heavy atom. The summed E-state index contributed by atoms with van der Waals surface area (Å²) in [6.45, 7) is 4.01. The zero-order chi connectivity index (χ0) is 18.4. The van der Waals surface area contributed by atoms with E-state index in [1.54, 1.807) is 7.05 Å². The van der Waals surface area contributed by atoms with Gasteiger partial charge in [-0.25, -0.2) is 8.78 Å². The minimum atomic E-state index is -0.580. The minimum Gasteiger partial charge on any atom is -0.381 e. The van der Waals surface area contributed by atoms with Crippen molar-refractivity contribution in [3.05, 3.63) is 35.4 Å². The first kappa shape index (κ1) is 23.0. The highest BCUT2D eigenvalue weighted by Crippen LogP contribution is 2.25. The summed E-state index contributed by atoms with van der Waals surface area (Å²) in [7, 11) is 5.81. The highest BCUT2D eigenvalue weighted by atomic mass is 127. The Labute approximate surface area is 171 Å². The normalized spacial score (nSPS) is 18.2. The Balaban J connectivity index is 0.00000338. The predicted octanol–water partition coefficient (Wildman–Crippen LogP) is 2.92. The van der Waals surface area contributed by atoms with Crippen LogP contribution in [0, 0.1) is 11.6 Å². The summed E-state index contributed by atoms with van der Waals surface area (Å²) in [5.41, 5.74) is 0.401. The van der Waals surface area contributed by atoms with Crippen molar-refractivity contribution in [1.29, 1.82) is 0 Å². The van der Waals surface area contributed by atoms with Crippen molar-refractivity contribution in [2.24, 2.45) is 4.99 Å². The van der Waals surface area contributed by atoms with Gasteiger partial charge >= 0.3 is 0 Å². The van der Waals surface area contributed by atoms with Gasteiger partial charge in [0.2, 0.25) is 0 Å². The summed E-state index contributed by atoms with van der Waals surface area (Å²) in [4.78, 5) is 6.44. The van der Waals surface area contributed by atoms with E-state index in [1.165, 1.54) is 12.1 Å². The fraction of sp³-hybridized carbons (Fsp3) is 0.611. The van der Waals surface area contributed by atoms with Crippen LogP contribution in [-0.4, -0.2) is 57.3 Å². The third-order valence-corrected chi connectivity index (χ3v) is 4.96. The average Bonchev–Trinajstić information content (AvgIpc) is 2.59. The third kappa shape index (κ3) is 5.75. The molecule has 2 rings (SSSR count). The SMILES string of the molecule is CN=C(NCC1(N(C)C)CCOCC1)NC(C)c1ccc(F)cc1F.I. The van der Waals surface area contributed by atoms with Crippen LogP contribution in [0.3, 0.4) is 0 Å². The summed E-state index contributed by atoms with van der Waals surface area (Å²) in [6.07, 6.45) is 1.87. The van der Waals surface area contributed by atoms with Crippen molar-refractivity contribution in [1.82, 2.24) is 15.5 Å². The molecule has 148 valence electrons. The van der Waals surface area contributed by atoms with Gasteiger partial charge in [0.15, 0.2) is 5.96 Å². The standard InChI is InChI=1S/C18H28F2N4O.HI/c1-13(15-6-5-14(19)11-16(15)20)23-17(21-2)22-12-18(24(3)4)7-9-25-10-8-18;/h5-6,11,13H,7-10,12H2,1-4H3,(H2,21,22,23);1H. The lowest BCUT2D eigenvalue weighted by Gasteiger charge is -2.43. The molecule has 1 heterocycles. The molecule has 0 spiro atoms. The molecule has 1 aliphatic rings. The number of halogens is 3. The van der Waals surface area contributed by atoms with E-state index in [2.05, 4.69) is 34.6 Å². The minimum absolute atomic E-state index is 0. The fourth-order valence-electron chi connectivity index (χ4n) is 3.11. The molecular weight excluding hydrogens is 453 g/mol. The largest absolute Gasteiger partial charge is 0.381 e. The van der Waals surface area contributed by atoms with Crippen LogP contribution in [0.25, 0.3) is 0 Å². The van der Waals surface area contributed by atoms with E-state index in [9.17, 15) is 8.78 Å². The quantitative estimate of drug-likeness (QED) is 0.385. The van der Waals surface area contributed by atoms with Crippen LogP contribution < -0.4 is 10.6 Å². The number of hydrogen-bond donors (Lipinski definition) is 2. The number of guanidine groups is 1. The molecule has 1 unspecified atom stereocenters. The molecule has 0 radical (unpaired) electrons. The number of nitrogens with one attached hydrogen (secondary N) is 2. The van der Waals surface area contributed by atoms with Gasteiger partial charge in [-0.15, -0.1) is 24.0 Å². The Kier molecular flexibility index (Phi) is 9.18. The number of ether oxygens (including phenoxy) is 1. The summed E-state index contributed by atoms with van der Waals surface area (Å²) in [6, 6.07) is 3.27. The second kappa shape index (κ2) is 10.4. The Hall–Kier alpha value is -1.00. The van der Waals surface area contributed by atoms with Crippen LogP contribution in [0.2, 0.25) is 0 Å². The molecule has 0 amide bonds. The fourth-order valence-corrected chi connectivity index (χ4v) is 3.11. The Morgan fingerprint density at radius 2 is 1.96 bits per heavy atom. The monoisotopic (exact) mass is 482 g/mol. The van der Waals surface area contributed by atoms with Gasteiger partial charge in [0.25, 0.3) is 0 Å². The molecule has 0 aliphatic carbocycles. The molecule has 1 saturated heterocycles. The maximum atomic E-state index is 13.9. The van der Waals surface area contributed by atoms with Crippen molar-refractivity contribution in [3.8, 4) is 0 Å². The first-order valence-electron chi connectivity index (χ1n) is 8.55. The number of likely N-dealkylation sites (N-methyl/N-ethyl adjacent to an activating group) is 1. The van der Waals surface area contributed by atoms with E-state index in [1.807, 2.05) is 6.92 Å². The topological polar surface area (TPSA) is 48.9 Å². The molecule has 1 aromatic rings. The highest BCUT2D eigenvalue weighted by Gasteiger charge is 2.34. The summed E-state index contributed by atoms with van der Waals surface area (Å²) in [5.74, 6) is -0.558. The molecule has 26 heavy (non-hydrogen) atoms. The van der Waals surface area contributed by atoms with Crippen molar-refractivity contribution >= 4 is 29.9 Å². The lowest BCUT2D eigenvalue weighted by molar-refractivity contribution is -0.00502. The molecule has 8 heteroatoms. The van der Waals surface area contributed by atoms with Gasteiger partial charge in [-0.3, -0.25) is 4.99 Å². The van der Waals surface area contributed by atoms with Crippen LogP contribution in [0.5, 0.6) is 0 Å². The number of rotatable bonds is 5. The molecule has 5 nitrogen and oxygen atoms in total. The van der Waals surface area contributed by atoms with Crippen LogP contribution in [0.4, 0.5) is 8.78 Å². The van der Waals surface area contributed by atoms with Crippen LogP contribution in [-0.2, 0) is 4.74 Å². The summed E-state index contributed by atoms with van der Waals surface area (Å²) >= 11 is 0. The molecule has 0 saturated carbocycles. The lowest BCUT2D eigenvalue weighted by atomic mass is 9.88. The number of aliphatic imine (C=N–C) groups is 1. The molecule has 1 aromatic carbocycles. The Bertz CT molecular complexity index is 607. The van der Waals surface area contributed by atoms with E-state index < -0.39 is 11.6 Å². The number of hydrogen-bond acceptors (Lipinski definition) is 3. The molecular formula is C18H29F2IN4O. The van der Waals surface area contributed by atoms with Crippen LogP contribution in [0.15, 0.2) is 23.2 Å². The second-order valence-corrected chi connectivity index (χ2v) is 6.69. The van der Waals surface area contributed by atoms with E-state index in [4.69, 9.17) is 4.74 Å². The van der Waals surface area contributed by atoms with Gasteiger partial charge in [-0.1, -0.05) is 6.07 Å². The Morgan fingerprint density at radius 3 is 2.50 bits per heavy atom. The number of nitrogens with zero attached hydrogens (tertiary/aromatic N) is 2. The molecule has 1 fully saturated rings. The first-order chi connectivity index (χ1) is 11.9. The van der Waals surface area contributed by atoms with Crippen molar-refractivity contribution in [3.63, 3.8) is 0 Å². The smallest absolute Gasteiger partial charge is 0.191 e. The third-order valence-electron chi connectivity index (χ3n) is 4.96. The molecule has 0 aromatic heterocycles. The maximum Gasteiger partial charge on any atom is 0.191 e. The predicted molar refractivity (Wildman–Crippen MR) is 111 cm³/mol. The van der Waals surface area contributed by atoms with Crippen molar-refractivity contribution in [2.45, 2.75) is 31.3 Å². The van der Waals surface area contributed by atoms with E-state index in [-0.39, 0.29) is 35.6 Å². The molecule has 0 bridgehead atoms. The van der Waals surface area contributed by atoms with Gasteiger partial charge in [0.1, 0.15) is 11.6 Å². The van der Waals surface area contributed by atoms with E-state index in [0.717, 1.165) is 32.1 Å². The van der Waals surface area contributed by atoms with Gasteiger partial charge in [0, 0.05) is 44.0 Å². The summed E-state index contributed by atoms with van der Waals surface area (Å²) in [5, 5.41) is 6.50. The maximum absolute atomic E-state index is 13.9. The van der Waals surface area contributed by atoms with Crippen molar-refractivity contribution in [2.75, 3.05) is 40.9 Å². The lowest BCUT2D eigenvalue weighted by Crippen LogP contribution is -2.57. The second-order valence-electron chi connectivity index (χ2n) is 6.69. The van der Waals surface area contributed by atoms with Gasteiger partial charge in [0.05, 0.1) is 6.04 Å². The number of benzene rings is 1. The zero-order valence-electron chi connectivity index (χ0n) is 15.8. The first-order valence-corrected chi connectivity index (χ1v) is 8.55. The van der Waals surface area contributed by atoms with Gasteiger partial charge < -0.3 is 20.3 Å². The molecule has 2 N–H and O–H groups in total. The van der Waals surface area contributed by atoms with Crippen molar-refractivity contribution < 1.29 is 13.5 Å². The molecule has 1 aliphatic heterocycles. The van der Waals surface area contributed by atoms with Gasteiger partial charge in [-0.2, -0.15) is 0 Å². The molecule has 1 atom stereocenters. The zero-order valence-corrected chi connectivity index (χ0v) is 18.1. The highest BCUT2D eigenvalue weighted by molar-refractivity contribution is 14.0. The van der Waals surface area contributed by atoms with E-state index >= 15 is 0 Å². The van der Waals surface area contributed by atoms with Gasteiger partial charge in [-0.05, 0) is 39.9 Å². The van der Waals surface area contributed by atoms with Crippen LogP contribution in [0.1, 0.15) is 31.4 Å². The average molecular weight is 482 g/mol.